The molecule has 0 bridgehead atoms. The molecule has 0 radical (unpaired) electrons. The van der Waals surface area contributed by atoms with Crippen LogP contribution in [0.15, 0.2) is 10.8 Å². The van der Waals surface area contributed by atoms with Gasteiger partial charge in [0, 0.05) is 18.5 Å². The van der Waals surface area contributed by atoms with Gasteiger partial charge in [0.2, 0.25) is 0 Å². The van der Waals surface area contributed by atoms with Gasteiger partial charge in [-0.1, -0.05) is 27.7 Å². The Morgan fingerprint density at radius 2 is 2.27 bits per heavy atom. The lowest BCUT2D eigenvalue weighted by atomic mass is 10.1. The first-order valence-corrected chi connectivity index (χ1v) is 5.66. The van der Waals surface area contributed by atoms with E-state index in [4.69, 9.17) is 4.42 Å². The zero-order chi connectivity index (χ0) is 11.1. The van der Waals surface area contributed by atoms with Crippen molar-refractivity contribution in [2.45, 2.75) is 52.6 Å². The molecule has 0 aliphatic heterocycles. The Hall–Kier alpha value is -0.830. The Balaban J connectivity index is 2.03. The highest BCUT2D eigenvalue weighted by molar-refractivity contribution is 5.23. The zero-order valence-electron chi connectivity index (χ0n) is 10.0. The van der Waals surface area contributed by atoms with E-state index < -0.39 is 0 Å². The van der Waals surface area contributed by atoms with E-state index in [1.165, 1.54) is 6.42 Å². The molecule has 1 aromatic rings. The summed E-state index contributed by atoms with van der Waals surface area (Å²) in [7, 11) is 0. The van der Waals surface area contributed by atoms with E-state index in [0.29, 0.717) is 17.4 Å². The highest BCUT2D eigenvalue weighted by atomic mass is 16.3. The summed E-state index contributed by atoms with van der Waals surface area (Å²) in [4.78, 5) is 4.29. The molecule has 1 heterocycles. The third-order valence-corrected chi connectivity index (χ3v) is 3.18. The third kappa shape index (κ3) is 2.23. The van der Waals surface area contributed by atoms with Gasteiger partial charge in [0.15, 0.2) is 6.39 Å². The minimum atomic E-state index is 0.409. The van der Waals surface area contributed by atoms with Crippen molar-refractivity contribution in [3.8, 4) is 0 Å². The number of oxazole rings is 1. The third-order valence-electron chi connectivity index (χ3n) is 3.18. The highest BCUT2D eigenvalue weighted by Gasteiger charge is 2.49. The number of nitrogens with one attached hydrogen (secondary N) is 1. The van der Waals surface area contributed by atoms with Crippen LogP contribution >= 0.6 is 0 Å². The predicted molar refractivity (Wildman–Crippen MR) is 59.6 cm³/mol. The summed E-state index contributed by atoms with van der Waals surface area (Å²) >= 11 is 0. The second-order valence-corrected chi connectivity index (χ2v) is 5.44. The van der Waals surface area contributed by atoms with Gasteiger partial charge in [-0.15, -0.1) is 0 Å². The van der Waals surface area contributed by atoms with Crippen molar-refractivity contribution in [3.63, 3.8) is 0 Å². The summed E-state index contributed by atoms with van der Waals surface area (Å²) in [6.07, 6.45) is 2.79. The van der Waals surface area contributed by atoms with Crippen LogP contribution in [0.3, 0.4) is 0 Å². The fourth-order valence-electron chi connectivity index (χ4n) is 1.91. The van der Waals surface area contributed by atoms with Crippen molar-refractivity contribution in [1.82, 2.24) is 10.3 Å². The second-order valence-electron chi connectivity index (χ2n) is 5.44. The summed E-state index contributed by atoms with van der Waals surface area (Å²) in [6.45, 7) is 9.65. The minimum absolute atomic E-state index is 0.409. The Bertz CT molecular complexity index is 341. The van der Waals surface area contributed by atoms with Crippen molar-refractivity contribution in [3.05, 3.63) is 17.8 Å². The van der Waals surface area contributed by atoms with Crippen LogP contribution in [0.2, 0.25) is 0 Å². The first-order chi connectivity index (χ1) is 7.00. The van der Waals surface area contributed by atoms with E-state index in [2.05, 4.69) is 38.0 Å². The number of hydrogen-bond acceptors (Lipinski definition) is 3. The molecule has 1 fully saturated rings. The van der Waals surface area contributed by atoms with E-state index in [0.717, 1.165) is 18.0 Å². The van der Waals surface area contributed by atoms with Crippen molar-refractivity contribution in [2.24, 2.45) is 5.41 Å². The largest absolute Gasteiger partial charge is 0.448 e. The Kier molecular flexibility index (Phi) is 2.59. The molecule has 3 heteroatoms. The van der Waals surface area contributed by atoms with Crippen molar-refractivity contribution in [2.75, 3.05) is 0 Å². The molecule has 1 aliphatic rings. The summed E-state index contributed by atoms with van der Waals surface area (Å²) in [6, 6.07) is 0.488. The maximum absolute atomic E-state index is 5.51. The number of aromatic nitrogens is 1. The minimum Gasteiger partial charge on any atom is -0.448 e. The predicted octanol–water partition coefficient (Wildman–Crippen LogP) is 2.69. The average molecular weight is 208 g/mol. The molecule has 84 valence electrons. The Morgan fingerprint density at radius 1 is 1.60 bits per heavy atom. The molecule has 1 aromatic heterocycles. The van der Waals surface area contributed by atoms with E-state index in [-0.39, 0.29) is 0 Å². The molecule has 0 spiro atoms. The van der Waals surface area contributed by atoms with Crippen molar-refractivity contribution in [1.29, 1.82) is 0 Å². The Morgan fingerprint density at radius 3 is 2.80 bits per heavy atom. The first kappa shape index (κ1) is 10.7. The van der Waals surface area contributed by atoms with Crippen LogP contribution in [0.1, 0.15) is 51.5 Å². The summed E-state index contributed by atoms with van der Waals surface area (Å²) in [5.41, 5.74) is 1.49. The van der Waals surface area contributed by atoms with Crippen LogP contribution in [-0.2, 0) is 6.54 Å². The molecular weight excluding hydrogens is 188 g/mol. The van der Waals surface area contributed by atoms with Gasteiger partial charge in [-0.25, -0.2) is 4.98 Å². The molecule has 3 nitrogen and oxygen atoms in total. The van der Waals surface area contributed by atoms with E-state index in [1.54, 1.807) is 6.39 Å². The quantitative estimate of drug-likeness (QED) is 0.826. The van der Waals surface area contributed by atoms with Gasteiger partial charge in [-0.05, 0) is 11.8 Å². The van der Waals surface area contributed by atoms with E-state index in [1.807, 2.05) is 0 Å². The summed E-state index contributed by atoms with van der Waals surface area (Å²) in [5, 5.41) is 3.38. The highest BCUT2D eigenvalue weighted by Crippen LogP contribution is 2.59. The van der Waals surface area contributed by atoms with Crippen molar-refractivity contribution >= 4 is 0 Å². The molecular formula is C12H20N2O. The van der Waals surface area contributed by atoms with Crippen LogP contribution in [0.25, 0.3) is 0 Å². The Labute approximate surface area is 91.3 Å². The normalized spacial score (nSPS) is 23.4. The number of rotatable bonds is 4. The molecule has 2 rings (SSSR count). The second kappa shape index (κ2) is 3.63. The maximum Gasteiger partial charge on any atom is 0.181 e. The lowest BCUT2D eigenvalue weighted by Crippen LogP contribution is -2.22. The topological polar surface area (TPSA) is 38.1 Å². The fourth-order valence-corrected chi connectivity index (χ4v) is 1.91. The van der Waals surface area contributed by atoms with E-state index >= 15 is 0 Å². The van der Waals surface area contributed by atoms with Crippen LogP contribution < -0.4 is 5.32 Å². The standard InChI is InChI=1S/C12H20N2O/c1-8(2)13-6-10-11(15-7-14-10)9-5-12(9,3)4/h7-9,13H,5-6H2,1-4H3. The van der Waals surface area contributed by atoms with Gasteiger partial charge in [0.25, 0.3) is 0 Å². The molecule has 1 unspecified atom stereocenters. The molecule has 0 saturated heterocycles. The lowest BCUT2D eigenvalue weighted by Gasteiger charge is -2.07. The van der Waals surface area contributed by atoms with Gasteiger partial charge < -0.3 is 9.73 Å². The summed E-state index contributed by atoms with van der Waals surface area (Å²) in [5.74, 6) is 1.66. The molecule has 1 N–H and O–H groups in total. The first-order valence-electron chi connectivity index (χ1n) is 5.66. The van der Waals surface area contributed by atoms with Gasteiger partial charge in [-0.3, -0.25) is 0 Å². The molecule has 1 aliphatic carbocycles. The molecule has 15 heavy (non-hydrogen) atoms. The maximum atomic E-state index is 5.51. The van der Waals surface area contributed by atoms with Crippen molar-refractivity contribution < 1.29 is 4.42 Å². The van der Waals surface area contributed by atoms with Gasteiger partial charge in [-0.2, -0.15) is 0 Å². The summed E-state index contributed by atoms with van der Waals surface area (Å²) < 4.78 is 5.51. The number of hydrogen-bond donors (Lipinski definition) is 1. The number of nitrogens with zero attached hydrogens (tertiary/aromatic N) is 1. The van der Waals surface area contributed by atoms with Gasteiger partial charge >= 0.3 is 0 Å². The van der Waals surface area contributed by atoms with Gasteiger partial charge in [0.1, 0.15) is 5.76 Å². The molecule has 0 aromatic carbocycles. The van der Waals surface area contributed by atoms with Crippen LogP contribution in [0.5, 0.6) is 0 Å². The lowest BCUT2D eigenvalue weighted by molar-refractivity contribution is 0.471. The average Bonchev–Trinajstić information content (AvgIpc) is 2.62. The van der Waals surface area contributed by atoms with E-state index in [9.17, 15) is 0 Å². The van der Waals surface area contributed by atoms with Crippen LogP contribution in [-0.4, -0.2) is 11.0 Å². The molecule has 1 saturated carbocycles. The fraction of sp³-hybridized carbons (Fsp3) is 0.750. The monoisotopic (exact) mass is 208 g/mol. The van der Waals surface area contributed by atoms with Gasteiger partial charge in [0.05, 0.1) is 5.69 Å². The molecule has 0 amide bonds. The van der Waals surface area contributed by atoms with Crippen LogP contribution in [0.4, 0.5) is 0 Å². The smallest absolute Gasteiger partial charge is 0.181 e. The zero-order valence-corrected chi connectivity index (χ0v) is 10.0. The SMILES string of the molecule is CC(C)NCc1ncoc1C1CC1(C)C. The molecule has 1 atom stereocenters. The van der Waals surface area contributed by atoms with Crippen LogP contribution in [0, 0.1) is 5.41 Å².